The summed E-state index contributed by atoms with van der Waals surface area (Å²) in [5.74, 6) is 1.96. The van der Waals surface area contributed by atoms with Crippen LogP contribution in [0, 0.1) is 0 Å². The average molecular weight is 381 g/mol. The molecule has 0 aromatic carbocycles. The molecule has 1 saturated heterocycles. The van der Waals surface area contributed by atoms with E-state index < -0.39 is 0 Å². The van der Waals surface area contributed by atoms with Gasteiger partial charge in [-0.15, -0.1) is 0 Å². The predicted molar refractivity (Wildman–Crippen MR) is 112 cm³/mol. The number of piperazine rings is 1. The second-order valence-corrected chi connectivity index (χ2v) is 7.54. The van der Waals surface area contributed by atoms with E-state index in [0.29, 0.717) is 0 Å². The van der Waals surface area contributed by atoms with Crippen molar-refractivity contribution >= 4 is 17.3 Å². The van der Waals surface area contributed by atoms with Gasteiger partial charge < -0.3 is 20.0 Å². The predicted octanol–water partition coefficient (Wildman–Crippen LogP) is 1.59. The number of pyridine rings is 1. The fourth-order valence-electron chi connectivity index (χ4n) is 3.62. The molecule has 3 aromatic heterocycles. The molecule has 1 aliphatic heterocycles. The van der Waals surface area contributed by atoms with Crippen molar-refractivity contribution in [1.29, 1.82) is 0 Å². The minimum absolute atomic E-state index is 0.212. The molecule has 0 amide bonds. The standard InChI is InChI=1S/C20H28N8/c1-25(2)17(16-5-4-7-21-14-16)15-22-18-13-20(27-11-9-26(3)10-12-27)28-19(24-18)6-8-23-28/h4-8,13-14,17H,9-12,15H2,1-3H3,(H,22,24). The maximum atomic E-state index is 4.75. The Morgan fingerprint density at radius 3 is 2.68 bits per heavy atom. The summed E-state index contributed by atoms with van der Waals surface area (Å²) in [6.07, 6.45) is 5.54. The lowest BCUT2D eigenvalue weighted by Gasteiger charge is -2.34. The van der Waals surface area contributed by atoms with Gasteiger partial charge in [-0.3, -0.25) is 4.98 Å². The Morgan fingerprint density at radius 2 is 1.96 bits per heavy atom. The third-order valence-corrected chi connectivity index (χ3v) is 5.34. The Balaban J connectivity index is 1.57. The van der Waals surface area contributed by atoms with Crippen LogP contribution in [0.15, 0.2) is 42.9 Å². The molecule has 28 heavy (non-hydrogen) atoms. The summed E-state index contributed by atoms with van der Waals surface area (Å²) in [5.41, 5.74) is 2.05. The van der Waals surface area contributed by atoms with Crippen molar-refractivity contribution in [3.63, 3.8) is 0 Å². The van der Waals surface area contributed by atoms with Crippen LogP contribution >= 0.6 is 0 Å². The molecular formula is C20H28N8. The van der Waals surface area contributed by atoms with Crippen molar-refractivity contribution in [2.45, 2.75) is 6.04 Å². The second kappa shape index (κ2) is 8.12. The highest BCUT2D eigenvalue weighted by Crippen LogP contribution is 2.23. The third-order valence-electron chi connectivity index (χ3n) is 5.34. The summed E-state index contributed by atoms with van der Waals surface area (Å²) < 4.78 is 1.93. The summed E-state index contributed by atoms with van der Waals surface area (Å²) >= 11 is 0. The maximum absolute atomic E-state index is 4.75. The van der Waals surface area contributed by atoms with E-state index in [4.69, 9.17) is 4.98 Å². The molecule has 8 heteroatoms. The molecule has 0 aliphatic carbocycles. The Bertz CT molecular complexity index is 899. The number of nitrogens with zero attached hydrogens (tertiary/aromatic N) is 7. The zero-order chi connectivity index (χ0) is 19.5. The molecule has 1 atom stereocenters. The van der Waals surface area contributed by atoms with Crippen molar-refractivity contribution in [2.75, 3.05) is 64.1 Å². The van der Waals surface area contributed by atoms with Crippen LogP contribution in [0.3, 0.4) is 0 Å². The van der Waals surface area contributed by atoms with Gasteiger partial charge in [-0.05, 0) is 32.8 Å². The lowest BCUT2D eigenvalue weighted by Crippen LogP contribution is -2.45. The second-order valence-electron chi connectivity index (χ2n) is 7.54. The Kier molecular flexibility index (Phi) is 5.40. The van der Waals surface area contributed by atoms with Crippen molar-refractivity contribution in [2.24, 2.45) is 0 Å². The first kappa shape index (κ1) is 18.6. The van der Waals surface area contributed by atoms with Crippen LogP contribution in [-0.2, 0) is 0 Å². The zero-order valence-electron chi connectivity index (χ0n) is 16.8. The molecule has 8 nitrogen and oxygen atoms in total. The quantitative estimate of drug-likeness (QED) is 0.697. The van der Waals surface area contributed by atoms with Crippen LogP contribution in [-0.4, -0.2) is 83.2 Å². The molecule has 3 aromatic rings. The van der Waals surface area contributed by atoms with Gasteiger partial charge in [0.25, 0.3) is 0 Å². The van der Waals surface area contributed by atoms with Crippen molar-refractivity contribution in [1.82, 2.24) is 29.4 Å². The topological polar surface area (TPSA) is 64.8 Å². The molecule has 0 spiro atoms. The van der Waals surface area contributed by atoms with Crippen LogP contribution < -0.4 is 10.2 Å². The highest BCUT2D eigenvalue weighted by Gasteiger charge is 2.19. The summed E-state index contributed by atoms with van der Waals surface area (Å²) in [7, 11) is 6.34. The van der Waals surface area contributed by atoms with Crippen LogP contribution in [0.1, 0.15) is 11.6 Å². The van der Waals surface area contributed by atoms with Crippen molar-refractivity contribution in [3.8, 4) is 0 Å². The summed E-state index contributed by atoms with van der Waals surface area (Å²) in [6, 6.07) is 8.37. The highest BCUT2D eigenvalue weighted by atomic mass is 15.4. The number of rotatable bonds is 6. The molecule has 0 saturated carbocycles. The Morgan fingerprint density at radius 1 is 1.14 bits per heavy atom. The average Bonchev–Trinajstić information content (AvgIpc) is 3.17. The number of hydrogen-bond donors (Lipinski definition) is 1. The minimum Gasteiger partial charge on any atom is -0.368 e. The molecule has 1 unspecified atom stereocenters. The first-order valence-electron chi connectivity index (χ1n) is 9.70. The van der Waals surface area contributed by atoms with Gasteiger partial charge in [-0.25, -0.2) is 4.98 Å². The van der Waals surface area contributed by atoms with Gasteiger partial charge in [0.15, 0.2) is 5.65 Å². The van der Waals surface area contributed by atoms with Crippen molar-refractivity contribution in [3.05, 3.63) is 48.4 Å². The molecule has 0 bridgehead atoms. The molecular weight excluding hydrogens is 352 g/mol. The number of nitrogens with one attached hydrogen (secondary N) is 1. The van der Waals surface area contributed by atoms with E-state index in [-0.39, 0.29) is 6.04 Å². The lowest BCUT2D eigenvalue weighted by atomic mass is 10.1. The molecule has 4 heterocycles. The van der Waals surface area contributed by atoms with E-state index in [2.05, 4.69) is 63.4 Å². The van der Waals surface area contributed by atoms with Gasteiger partial charge in [0.2, 0.25) is 0 Å². The van der Waals surface area contributed by atoms with E-state index in [1.165, 1.54) is 5.56 Å². The first-order chi connectivity index (χ1) is 13.6. The fourth-order valence-corrected chi connectivity index (χ4v) is 3.62. The number of likely N-dealkylation sites (N-methyl/N-ethyl adjacent to an activating group) is 2. The van der Waals surface area contributed by atoms with E-state index in [0.717, 1.165) is 50.0 Å². The molecule has 0 radical (unpaired) electrons. The van der Waals surface area contributed by atoms with Crippen molar-refractivity contribution < 1.29 is 0 Å². The lowest BCUT2D eigenvalue weighted by molar-refractivity contribution is 0.310. The van der Waals surface area contributed by atoms with Crippen LogP contribution in [0.2, 0.25) is 0 Å². The summed E-state index contributed by atoms with van der Waals surface area (Å²) in [6.45, 7) is 4.84. The number of hydrogen-bond acceptors (Lipinski definition) is 7. The largest absolute Gasteiger partial charge is 0.368 e. The number of anilines is 2. The summed E-state index contributed by atoms with van der Waals surface area (Å²) in [5, 5.41) is 8.02. The van der Waals surface area contributed by atoms with Crippen LogP contribution in [0.5, 0.6) is 0 Å². The summed E-state index contributed by atoms with van der Waals surface area (Å²) in [4.78, 5) is 16.0. The van der Waals surface area contributed by atoms with Crippen LogP contribution in [0.4, 0.5) is 11.6 Å². The smallest absolute Gasteiger partial charge is 0.159 e. The monoisotopic (exact) mass is 380 g/mol. The van der Waals surface area contributed by atoms with E-state index in [1.54, 1.807) is 6.20 Å². The zero-order valence-corrected chi connectivity index (χ0v) is 16.8. The molecule has 1 fully saturated rings. The van der Waals surface area contributed by atoms with Gasteiger partial charge in [-0.2, -0.15) is 9.61 Å². The highest BCUT2D eigenvalue weighted by molar-refractivity contribution is 5.58. The number of fused-ring (bicyclic) bond motifs is 1. The Hall–Kier alpha value is -2.71. The van der Waals surface area contributed by atoms with E-state index in [1.807, 2.05) is 29.0 Å². The Labute approximate surface area is 165 Å². The molecule has 4 rings (SSSR count). The van der Waals surface area contributed by atoms with E-state index in [9.17, 15) is 0 Å². The van der Waals surface area contributed by atoms with E-state index >= 15 is 0 Å². The first-order valence-corrected chi connectivity index (χ1v) is 9.70. The maximum Gasteiger partial charge on any atom is 0.159 e. The normalized spacial score (nSPS) is 16.6. The molecule has 1 N–H and O–H groups in total. The van der Waals surface area contributed by atoms with Gasteiger partial charge in [0.05, 0.1) is 12.2 Å². The SMILES string of the molecule is CN1CCN(c2cc(NCC(c3cccnc3)N(C)C)nc3ccnn23)CC1. The molecule has 148 valence electrons. The minimum atomic E-state index is 0.212. The fraction of sp³-hybridized carbons (Fsp3) is 0.450. The van der Waals surface area contributed by atoms with Gasteiger partial charge in [-0.1, -0.05) is 6.07 Å². The van der Waals surface area contributed by atoms with Gasteiger partial charge in [0, 0.05) is 57.3 Å². The van der Waals surface area contributed by atoms with Crippen LogP contribution in [0.25, 0.3) is 5.65 Å². The van der Waals surface area contributed by atoms with Gasteiger partial charge >= 0.3 is 0 Å². The number of aromatic nitrogens is 4. The molecule has 1 aliphatic rings. The van der Waals surface area contributed by atoms with Gasteiger partial charge in [0.1, 0.15) is 11.6 Å². The third kappa shape index (κ3) is 3.93.